The molecule has 1 saturated carbocycles. The zero-order chi connectivity index (χ0) is 13.1. The molecule has 0 radical (unpaired) electrons. The maximum Gasteiger partial charge on any atom is 0.189 e. The summed E-state index contributed by atoms with van der Waals surface area (Å²) in [5.41, 5.74) is 9.50. The quantitative estimate of drug-likeness (QED) is 0.607. The average Bonchev–Trinajstić information content (AvgIpc) is 3.09. The smallest absolute Gasteiger partial charge is 0.189 e. The van der Waals surface area contributed by atoms with Gasteiger partial charge in [0.15, 0.2) is 5.96 Å². The lowest BCUT2D eigenvalue weighted by Crippen LogP contribution is -2.33. The third-order valence-electron chi connectivity index (χ3n) is 3.36. The number of hydrogen-bond acceptors (Lipinski definition) is 2. The highest BCUT2D eigenvalue weighted by Gasteiger charge is 2.21. The van der Waals surface area contributed by atoms with E-state index in [1.807, 2.05) is 11.7 Å². The number of nitrogens with zero attached hydrogens (tertiary/aromatic N) is 3. The van der Waals surface area contributed by atoms with Gasteiger partial charge < -0.3 is 11.1 Å². The van der Waals surface area contributed by atoms with E-state index in [-0.39, 0.29) is 0 Å². The molecule has 1 aromatic rings. The first-order valence-corrected chi connectivity index (χ1v) is 6.75. The Balaban J connectivity index is 2.11. The predicted molar refractivity (Wildman–Crippen MR) is 73.4 cm³/mol. The van der Waals surface area contributed by atoms with Crippen LogP contribution in [0.1, 0.15) is 43.6 Å². The molecule has 3 N–H and O–H groups in total. The summed E-state index contributed by atoms with van der Waals surface area (Å²) in [6.07, 6.45) is 4.34. The highest BCUT2D eigenvalue weighted by atomic mass is 15.3. The third kappa shape index (κ3) is 2.83. The van der Waals surface area contributed by atoms with Crippen LogP contribution in [0.2, 0.25) is 0 Å². The van der Waals surface area contributed by atoms with Gasteiger partial charge in [-0.05, 0) is 25.7 Å². The van der Waals surface area contributed by atoms with E-state index < -0.39 is 0 Å². The van der Waals surface area contributed by atoms with Crippen molar-refractivity contribution in [2.24, 2.45) is 17.8 Å². The van der Waals surface area contributed by atoms with Crippen LogP contribution >= 0.6 is 0 Å². The molecular formula is C13H23N5. The van der Waals surface area contributed by atoms with E-state index in [9.17, 15) is 0 Å². The fourth-order valence-corrected chi connectivity index (χ4v) is 2.22. The van der Waals surface area contributed by atoms with Gasteiger partial charge in [0.25, 0.3) is 0 Å². The van der Waals surface area contributed by atoms with Crippen LogP contribution in [0.3, 0.4) is 0 Å². The number of hydrogen-bond donors (Lipinski definition) is 2. The summed E-state index contributed by atoms with van der Waals surface area (Å²) in [4.78, 5) is 4.44. The van der Waals surface area contributed by atoms with Crippen LogP contribution in [0.25, 0.3) is 0 Å². The van der Waals surface area contributed by atoms with Crippen LogP contribution in [0.5, 0.6) is 0 Å². The van der Waals surface area contributed by atoms with Gasteiger partial charge in [-0.15, -0.1) is 0 Å². The lowest BCUT2D eigenvalue weighted by Gasteiger charge is -2.05. The molecule has 0 aromatic carbocycles. The summed E-state index contributed by atoms with van der Waals surface area (Å²) in [6, 6.07) is 0.555. The zero-order valence-electron chi connectivity index (χ0n) is 11.5. The minimum Gasteiger partial charge on any atom is -0.370 e. The van der Waals surface area contributed by atoms with E-state index in [4.69, 9.17) is 5.73 Å². The van der Waals surface area contributed by atoms with Crippen LogP contribution in [0.15, 0.2) is 4.99 Å². The van der Waals surface area contributed by atoms with Crippen LogP contribution in [-0.4, -0.2) is 21.8 Å². The Labute approximate surface area is 108 Å². The highest BCUT2D eigenvalue weighted by Crippen LogP contribution is 2.19. The van der Waals surface area contributed by atoms with Gasteiger partial charge in [-0.2, -0.15) is 5.10 Å². The first kappa shape index (κ1) is 12.9. The molecule has 0 unspecified atom stereocenters. The molecule has 1 aromatic heterocycles. The number of nitrogens with two attached hydrogens (primary N) is 1. The van der Waals surface area contributed by atoms with Gasteiger partial charge in [-0.25, -0.2) is 4.99 Å². The van der Waals surface area contributed by atoms with Crippen molar-refractivity contribution in [2.75, 3.05) is 0 Å². The summed E-state index contributed by atoms with van der Waals surface area (Å²) < 4.78 is 1.97. The molecule has 0 aliphatic heterocycles. The van der Waals surface area contributed by atoms with Crippen molar-refractivity contribution < 1.29 is 0 Å². The molecule has 0 amide bonds. The Morgan fingerprint density at radius 3 is 2.72 bits per heavy atom. The Hall–Kier alpha value is -1.52. The lowest BCUT2D eigenvalue weighted by molar-refractivity contribution is 0.703. The minimum atomic E-state index is 0.555. The van der Waals surface area contributed by atoms with Crippen LogP contribution in [0.4, 0.5) is 0 Å². The second-order valence-electron chi connectivity index (χ2n) is 4.82. The van der Waals surface area contributed by atoms with E-state index in [0.29, 0.717) is 18.5 Å². The largest absolute Gasteiger partial charge is 0.370 e. The molecule has 0 bridgehead atoms. The standard InChI is InChI=1S/C13H23N5/c1-4-11-10(12(5-2)18(3)17-11)8-15-13(14)16-9-6-7-9/h9H,4-8H2,1-3H3,(H3,14,15,16). The van der Waals surface area contributed by atoms with E-state index in [1.165, 1.54) is 24.1 Å². The van der Waals surface area contributed by atoms with Crippen LogP contribution in [0, 0.1) is 0 Å². The topological polar surface area (TPSA) is 68.2 Å². The SMILES string of the molecule is CCc1nn(C)c(CC)c1CN=C(N)NC1CC1. The third-order valence-corrected chi connectivity index (χ3v) is 3.36. The van der Waals surface area contributed by atoms with Gasteiger partial charge >= 0.3 is 0 Å². The van der Waals surface area contributed by atoms with Gasteiger partial charge in [0.2, 0.25) is 0 Å². The fraction of sp³-hybridized carbons (Fsp3) is 0.692. The van der Waals surface area contributed by atoms with Crippen molar-refractivity contribution in [2.45, 2.75) is 52.1 Å². The summed E-state index contributed by atoms with van der Waals surface area (Å²) in [5.74, 6) is 0.561. The molecule has 0 spiro atoms. The monoisotopic (exact) mass is 249 g/mol. The highest BCUT2D eigenvalue weighted by molar-refractivity contribution is 5.78. The van der Waals surface area contributed by atoms with Crippen molar-refractivity contribution in [1.29, 1.82) is 0 Å². The molecule has 100 valence electrons. The Kier molecular flexibility index (Phi) is 3.89. The lowest BCUT2D eigenvalue weighted by atomic mass is 10.1. The molecule has 5 heteroatoms. The Bertz CT molecular complexity index is 442. The molecule has 1 aliphatic rings. The number of guanidine groups is 1. The molecule has 1 heterocycles. The first-order valence-electron chi connectivity index (χ1n) is 6.75. The number of rotatable bonds is 5. The van der Waals surface area contributed by atoms with Gasteiger partial charge in [-0.1, -0.05) is 13.8 Å². The molecule has 0 saturated heterocycles. The second-order valence-corrected chi connectivity index (χ2v) is 4.82. The molecule has 1 fully saturated rings. The van der Waals surface area contributed by atoms with Gasteiger partial charge in [0, 0.05) is 24.3 Å². The summed E-state index contributed by atoms with van der Waals surface area (Å²) in [6.45, 7) is 4.90. The van der Waals surface area contributed by atoms with Crippen molar-refractivity contribution in [1.82, 2.24) is 15.1 Å². The Morgan fingerprint density at radius 1 is 1.44 bits per heavy atom. The van der Waals surface area contributed by atoms with E-state index in [1.54, 1.807) is 0 Å². The molecule has 2 rings (SSSR count). The molecule has 1 aliphatic carbocycles. The molecule has 18 heavy (non-hydrogen) atoms. The molecule has 0 atom stereocenters. The summed E-state index contributed by atoms with van der Waals surface area (Å²) in [7, 11) is 2.00. The minimum absolute atomic E-state index is 0.555. The van der Waals surface area contributed by atoms with Crippen molar-refractivity contribution in [3.8, 4) is 0 Å². The average molecular weight is 249 g/mol. The predicted octanol–water partition coefficient (Wildman–Crippen LogP) is 1.11. The second kappa shape index (κ2) is 5.42. The van der Waals surface area contributed by atoms with Gasteiger partial charge in [0.05, 0.1) is 12.2 Å². The maximum atomic E-state index is 5.86. The van der Waals surface area contributed by atoms with Crippen LogP contribution in [-0.2, 0) is 26.4 Å². The zero-order valence-corrected chi connectivity index (χ0v) is 11.5. The maximum absolute atomic E-state index is 5.86. The number of nitrogens with one attached hydrogen (secondary N) is 1. The van der Waals surface area contributed by atoms with Gasteiger partial charge in [-0.3, -0.25) is 4.68 Å². The Morgan fingerprint density at radius 2 is 2.17 bits per heavy atom. The van der Waals surface area contributed by atoms with Crippen molar-refractivity contribution in [3.63, 3.8) is 0 Å². The van der Waals surface area contributed by atoms with E-state index in [0.717, 1.165) is 18.5 Å². The molecule has 5 nitrogen and oxygen atoms in total. The van der Waals surface area contributed by atoms with Crippen LogP contribution < -0.4 is 11.1 Å². The van der Waals surface area contributed by atoms with Gasteiger partial charge in [0.1, 0.15) is 0 Å². The van der Waals surface area contributed by atoms with E-state index >= 15 is 0 Å². The molecular weight excluding hydrogens is 226 g/mol. The normalized spacial score (nSPS) is 16.1. The number of aromatic nitrogens is 2. The number of aliphatic imine (C=N–C) groups is 1. The van der Waals surface area contributed by atoms with Crippen molar-refractivity contribution >= 4 is 5.96 Å². The number of aryl methyl sites for hydroxylation is 2. The fourth-order valence-electron chi connectivity index (χ4n) is 2.22. The summed E-state index contributed by atoms with van der Waals surface area (Å²) >= 11 is 0. The van der Waals surface area contributed by atoms with E-state index in [2.05, 4.69) is 29.3 Å². The first-order chi connectivity index (χ1) is 8.65. The van der Waals surface area contributed by atoms with Crippen molar-refractivity contribution in [3.05, 3.63) is 17.0 Å². The summed E-state index contributed by atoms with van der Waals surface area (Å²) in [5, 5.41) is 7.74.